The zero-order valence-electron chi connectivity index (χ0n) is 14.6. The minimum absolute atomic E-state index is 0.0501. The van der Waals surface area contributed by atoms with Crippen molar-refractivity contribution >= 4 is 12.0 Å². The fourth-order valence-electron chi connectivity index (χ4n) is 2.46. The van der Waals surface area contributed by atoms with Gasteiger partial charge in [-0.1, -0.05) is 24.3 Å². The van der Waals surface area contributed by atoms with Crippen LogP contribution in [0.15, 0.2) is 48.0 Å². The summed E-state index contributed by atoms with van der Waals surface area (Å²) in [6.07, 6.45) is 1.54. The average molecular weight is 350 g/mol. The van der Waals surface area contributed by atoms with E-state index in [-0.39, 0.29) is 18.3 Å². The van der Waals surface area contributed by atoms with Gasteiger partial charge in [-0.05, 0) is 29.8 Å². The van der Waals surface area contributed by atoms with Crippen molar-refractivity contribution in [2.45, 2.75) is 6.61 Å². The number of benzene rings is 2. The summed E-state index contributed by atoms with van der Waals surface area (Å²) in [5.74, 6) is 1.66. The Hall–Kier alpha value is -3.46. The van der Waals surface area contributed by atoms with Gasteiger partial charge in [0, 0.05) is 19.7 Å². The molecule has 6 heteroatoms. The van der Waals surface area contributed by atoms with Gasteiger partial charge >= 0.3 is 0 Å². The highest BCUT2D eigenvalue weighted by Gasteiger charge is 2.14. The summed E-state index contributed by atoms with van der Waals surface area (Å²) in [6, 6.07) is 14.8. The molecule has 0 unspecified atom stereocenters. The van der Waals surface area contributed by atoms with Gasteiger partial charge in [0.2, 0.25) is 6.79 Å². The van der Waals surface area contributed by atoms with Crippen LogP contribution < -0.4 is 14.2 Å². The summed E-state index contributed by atoms with van der Waals surface area (Å²) >= 11 is 0. The van der Waals surface area contributed by atoms with Gasteiger partial charge in [-0.15, -0.1) is 0 Å². The molecule has 0 fully saturated rings. The van der Waals surface area contributed by atoms with Crippen molar-refractivity contribution in [1.82, 2.24) is 4.90 Å². The van der Waals surface area contributed by atoms with Gasteiger partial charge in [0.25, 0.3) is 5.91 Å². The lowest BCUT2D eigenvalue weighted by Crippen LogP contribution is -2.22. The Bertz CT molecular complexity index is 897. The van der Waals surface area contributed by atoms with Gasteiger partial charge in [0.1, 0.15) is 24.0 Å². The number of nitrogens with zero attached hydrogens (tertiary/aromatic N) is 2. The topological polar surface area (TPSA) is 71.8 Å². The summed E-state index contributed by atoms with van der Waals surface area (Å²) in [4.78, 5) is 13.4. The number of para-hydroxylation sites is 1. The molecule has 132 valence electrons. The van der Waals surface area contributed by atoms with E-state index >= 15 is 0 Å². The first kappa shape index (κ1) is 17.4. The van der Waals surface area contributed by atoms with E-state index < -0.39 is 0 Å². The van der Waals surface area contributed by atoms with Crippen LogP contribution >= 0.6 is 0 Å². The third kappa shape index (κ3) is 3.78. The smallest absolute Gasteiger partial charge is 0.264 e. The predicted molar refractivity (Wildman–Crippen MR) is 95.6 cm³/mol. The van der Waals surface area contributed by atoms with E-state index in [0.717, 1.165) is 11.3 Å². The molecule has 26 heavy (non-hydrogen) atoms. The Balaban J connectivity index is 1.79. The molecule has 0 aliphatic carbocycles. The van der Waals surface area contributed by atoms with E-state index in [2.05, 4.69) is 0 Å². The molecule has 1 heterocycles. The summed E-state index contributed by atoms with van der Waals surface area (Å²) in [5, 5.41) is 9.26. The molecule has 0 saturated carbocycles. The Labute approximate surface area is 151 Å². The molecule has 3 rings (SSSR count). The molecule has 0 aromatic heterocycles. The van der Waals surface area contributed by atoms with Crippen LogP contribution in [0.25, 0.3) is 6.08 Å². The molecule has 2 aromatic carbocycles. The van der Waals surface area contributed by atoms with E-state index in [1.54, 1.807) is 26.2 Å². The van der Waals surface area contributed by atoms with Crippen LogP contribution in [0.4, 0.5) is 0 Å². The zero-order chi connectivity index (χ0) is 18.5. The van der Waals surface area contributed by atoms with Gasteiger partial charge < -0.3 is 19.1 Å². The van der Waals surface area contributed by atoms with Crippen LogP contribution in [0.5, 0.6) is 17.2 Å². The largest absolute Gasteiger partial charge is 0.488 e. The van der Waals surface area contributed by atoms with Crippen molar-refractivity contribution < 1.29 is 19.0 Å². The quantitative estimate of drug-likeness (QED) is 0.612. The monoisotopic (exact) mass is 350 g/mol. The van der Waals surface area contributed by atoms with Crippen molar-refractivity contribution in [2.75, 3.05) is 20.9 Å². The molecule has 0 bridgehead atoms. The number of fused-ring (bicyclic) bond motifs is 1. The zero-order valence-corrected chi connectivity index (χ0v) is 14.6. The minimum atomic E-state index is -0.349. The number of ether oxygens (including phenoxy) is 3. The lowest BCUT2D eigenvalue weighted by atomic mass is 10.1. The third-order valence-corrected chi connectivity index (χ3v) is 3.81. The molecule has 0 N–H and O–H groups in total. The summed E-state index contributed by atoms with van der Waals surface area (Å²) < 4.78 is 16.6. The van der Waals surface area contributed by atoms with Crippen molar-refractivity contribution in [3.63, 3.8) is 0 Å². The number of amides is 1. The number of nitriles is 1. The Morgan fingerprint density at radius 1 is 1.23 bits per heavy atom. The fourth-order valence-corrected chi connectivity index (χ4v) is 2.46. The van der Waals surface area contributed by atoms with Crippen LogP contribution in [0.1, 0.15) is 11.1 Å². The summed E-state index contributed by atoms with van der Waals surface area (Å²) in [7, 11) is 3.21. The molecule has 0 atom stereocenters. The third-order valence-electron chi connectivity index (χ3n) is 3.81. The molecule has 1 amide bonds. The normalized spacial score (nSPS) is 12.4. The van der Waals surface area contributed by atoms with Crippen molar-refractivity contribution in [3.05, 3.63) is 59.2 Å². The maximum atomic E-state index is 12.0. The number of carbonyl (C=O) groups excluding carboxylic acids is 1. The fraction of sp³-hybridized carbons (Fsp3) is 0.200. The lowest BCUT2D eigenvalue weighted by Gasteiger charge is -2.11. The molecule has 6 nitrogen and oxygen atoms in total. The van der Waals surface area contributed by atoms with Crippen LogP contribution in [0.2, 0.25) is 0 Å². The predicted octanol–water partition coefficient (Wildman–Crippen LogP) is 2.99. The molecule has 1 aliphatic rings. The lowest BCUT2D eigenvalue weighted by molar-refractivity contribution is -0.124. The summed E-state index contributed by atoms with van der Waals surface area (Å²) in [5.41, 5.74) is 1.65. The van der Waals surface area contributed by atoms with E-state index in [9.17, 15) is 10.1 Å². The van der Waals surface area contributed by atoms with Crippen molar-refractivity contribution in [1.29, 1.82) is 5.26 Å². The highest BCUT2D eigenvalue weighted by Crippen LogP contribution is 2.33. The average Bonchev–Trinajstić information content (AvgIpc) is 3.12. The summed E-state index contributed by atoms with van der Waals surface area (Å²) in [6.45, 7) is 0.551. The molecular weight excluding hydrogens is 332 g/mol. The van der Waals surface area contributed by atoms with Gasteiger partial charge in [-0.25, -0.2) is 0 Å². The second-order valence-corrected chi connectivity index (χ2v) is 5.88. The highest BCUT2D eigenvalue weighted by atomic mass is 16.7. The Kier molecular flexibility index (Phi) is 5.09. The first-order chi connectivity index (χ1) is 12.6. The van der Waals surface area contributed by atoms with Crippen LogP contribution in [-0.2, 0) is 11.4 Å². The van der Waals surface area contributed by atoms with E-state index in [1.165, 1.54) is 11.0 Å². The molecule has 0 radical (unpaired) electrons. The van der Waals surface area contributed by atoms with Gasteiger partial charge in [0.15, 0.2) is 11.5 Å². The maximum absolute atomic E-state index is 12.0. The molecule has 2 aromatic rings. The minimum Gasteiger partial charge on any atom is -0.488 e. The number of hydrogen-bond acceptors (Lipinski definition) is 5. The van der Waals surface area contributed by atoms with Gasteiger partial charge in [0.05, 0.1) is 0 Å². The first-order valence-electron chi connectivity index (χ1n) is 8.02. The van der Waals surface area contributed by atoms with Crippen LogP contribution in [0.3, 0.4) is 0 Å². The molecule has 0 spiro atoms. The second-order valence-electron chi connectivity index (χ2n) is 5.88. The van der Waals surface area contributed by atoms with E-state index in [4.69, 9.17) is 14.2 Å². The SMILES string of the molecule is CN(C)C(=O)/C(C#N)=C\c1ccccc1OCc1ccc2c(c1)OCO2. The standard InChI is InChI=1S/C20H18N2O4/c1-22(2)20(23)16(11-21)10-15-5-3-4-6-17(15)24-12-14-7-8-18-19(9-14)26-13-25-18/h3-10H,12-13H2,1-2H3/b16-10-. The Morgan fingerprint density at radius 3 is 2.77 bits per heavy atom. The molecule has 0 saturated heterocycles. The maximum Gasteiger partial charge on any atom is 0.264 e. The number of likely N-dealkylation sites (N-methyl/N-ethyl adjacent to an activating group) is 1. The molecular formula is C20H18N2O4. The van der Waals surface area contributed by atoms with Gasteiger partial charge in [-0.3, -0.25) is 4.79 Å². The second kappa shape index (κ2) is 7.62. The molecule has 1 aliphatic heterocycles. The van der Waals surface area contributed by atoms with E-state index in [1.807, 2.05) is 36.4 Å². The van der Waals surface area contributed by atoms with E-state index in [0.29, 0.717) is 23.7 Å². The Morgan fingerprint density at radius 2 is 2.00 bits per heavy atom. The van der Waals surface area contributed by atoms with Crippen molar-refractivity contribution in [2.24, 2.45) is 0 Å². The number of carbonyl (C=O) groups is 1. The van der Waals surface area contributed by atoms with Gasteiger partial charge in [-0.2, -0.15) is 5.26 Å². The van der Waals surface area contributed by atoms with Crippen LogP contribution in [-0.4, -0.2) is 31.7 Å². The number of hydrogen-bond donors (Lipinski definition) is 0. The first-order valence-corrected chi connectivity index (χ1v) is 8.02. The highest BCUT2D eigenvalue weighted by molar-refractivity contribution is 6.01. The van der Waals surface area contributed by atoms with Crippen LogP contribution in [0, 0.1) is 11.3 Å². The number of rotatable bonds is 5. The van der Waals surface area contributed by atoms with Crippen molar-refractivity contribution in [3.8, 4) is 23.3 Å².